The number of Topliss-reactive ketones (excluding diaryl/α,β-unsaturated/α-hetero) is 1. The second-order valence-electron chi connectivity index (χ2n) is 4.81. The Morgan fingerprint density at radius 2 is 2.12 bits per heavy atom. The summed E-state index contributed by atoms with van der Waals surface area (Å²) >= 11 is 0. The van der Waals surface area contributed by atoms with E-state index in [0.29, 0.717) is 12.6 Å². The molecule has 1 aromatic rings. The zero-order valence-electron chi connectivity index (χ0n) is 10.3. The lowest BCUT2D eigenvalue weighted by Gasteiger charge is -2.37. The molecule has 1 aliphatic rings. The molecule has 0 radical (unpaired) electrons. The summed E-state index contributed by atoms with van der Waals surface area (Å²) in [6.45, 7) is 3.58. The highest BCUT2D eigenvalue weighted by molar-refractivity contribution is 5.97. The van der Waals surface area contributed by atoms with Gasteiger partial charge >= 0.3 is 0 Å². The first kappa shape index (κ1) is 12.3. The van der Waals surface area contributed by atoms with Gasteiger partial charge in [-0.3, -0.25) is 9.69 Å². The summed E-state index contributed by atoms with van der Waals surface area (Å²) in [5, 5.41) is 0. The summed E-state index contributed by atoms with van der Waals surface area (Å²) in [5.41, 5.74) is 6.82. The molecule has 92 valence electrons. The van der Waals surface area contributed by atoms with Gasteiger partial charge in [-0.25, -0.2) is 0 Å². The van der Waals surface area contributed by atoms with E-state index in [1.807, 2.05) is 30.3 Å². The van der Waals surface area contributed by atoms with Crippen LogP contribution in [0.4, 0.5) is 0 Å². The third kappa shape index (κ3) is 2.93. The van der Waals surface area contributed by atoms with Crippen LogP contribution in [0.15, 0.2) is 30.3 Å². The molecule has 3 heteroatoms. The predicted octanol–water partition coefficient (Wildman–Crippen LogP) is 1.68. The molecule has 0 bridgehead atoms. The molecule has 0 spiro atoms. The maximum absolute atomic E-state index is 12.1. The van der Waals surface area contributed by atoms with Crippen LogP contribution in [0.5, 0.6) is 0 Å². The number of nitrogens with two attached hydrogens (primary N) is 1. The lowest BCUT2D eigenvalue weighted by molar-refractivity contribution is 0.0835. The highest BCUT2D eigenvalue weighted by Crippen LogP contribution is 2.16. The Bertz CT molecular complexity index is 377. The van der Waals surface area contributed by atoms with Crippen LogP contribution in [0, 0.1) is 0 Å². The van der Waals surface area contributed by atoms with Gasteiger partial charge in [0.05, 0.1) is 6.54 Å². The van der Waals surface area contributed by atoms with Crippen LogP contribution in [0.3, 0.4) is 0 Å². The van der Waals surface area contributed by atoms with Gasteiger partial charge in [0, 0.05) is 17.6 Å². The molecule has 1 aromatic carbocycles. The SMILES string of the molecule is C[C@@H]1[C@H](N)CCCN1CC(=O)c1ccccc1. The number of nitrogens with zero attached hydrogens (tertiary/aromatic N) is 1. The van der Waals surface area contributed by atoms with Gasteiger partial charge in [0.2, 0.25) is 0 Å². The van der Waals surface area contributed by atoms with E-state index in [-0.39, 0.29) is 11.8 Å². The van der Waals surface area contributed by atoms with Crippen molar-refractivity contribution < 1.29 is 4.79 Å². The smallest absolute Gasteiger partial charge is 0.176 e. The summed E-state index contributed by atoms with van der Waals surface area (Å²) in [7, 11) is 0. The number of piperidine rings is 1. The summed E-state index contributed by atoms with van der Waals surface area (Å²) in [5.74, 6) is 0.187. The van der Waals surface area contributed by atoms with E-state index in [1.165, 1.54) is 0 Å². The van der Waals surface area contributed by atoms with Crippen molar-refractivity contribution in [1.29, 1.82) is 0 Å². The molecule has 0 aliphatic carbocycles. The summed E-state index contributed by atoms with van der Waals surface area (Å²) in [4.78, 5) is 14.3. The molecule has 1 saturated heterocycles. The van der Waals surface area contributed by atoms with Crippen LogP contribution in [0.2, 0.25) is 0 Å². The number of hydrogen-bond acceptors (Lipinski definition) is 3. The van der Waals surface area contributed by atoms with Crippen molar-refractivity contribution in [2.45, 2.75) is 31.8 Å². The normalized spacial score (nSPS) is 25.8. The van der Waals surface area contributed by atoms with E-state index >= 15 is 0 Å². The topological polar surface area (TPSA) is 46.3 Å². The zero-order chi connectivity index (χ0) is 12.3. The van der Waals surface area contributed by atoms with Crippen molar-refractivity contribution in [2.24, 2.45) is 5.73 Å². The van der Waals surface area contributed by atoms with Crippen molar-refractivity contribution in [3.63, 3.8) is 0 Å². The van der Waals surface area contributed by atoms with Gasteiger partial charge in [-0.05, 0) is 26.3 Å². The van der Waals surface area contributed by atoms with Crippen molar-refractivity contribution in [2.75, 3.05) is 13.1 Å². The maximum Gasteiger partial charge on any atom is 0.176 e. The first-order valence-electron chi connectivity index (χ1n) is 6.26. The van der Waals surface area contributed by atoms with Gasteiger partial charge in [0.25, 0.3) is 0 Å². The molecule has 0 saturated carbocycles. The zero-order valence-corrected chi connectivity index (χ0v) is 10.3. The fourth-order valence-corrected chi connectivity index (χ4v) is 2.37. The Morgan fingerprint density at radius 1 is 1.41 bits per heavy atom. The van der Waals surface area contributed by atoms with Crippen LogP contribution in [-0.4, -0.2) is 35.9 Å². The highest BCUT2D eigenvalue weighted by Gasteiger charge is 2.26. The molecule has 0 aromatic heterocycles. The number of carbonyl (C=O) groups excluding carboxylic acids is 1. The van der Waals surface area contributed by atoms with Crippen LogP contribution < -0.4 is 5.73 Å². The van der Waals surface area contributed by atoms with Crippen LogP contribution in [-0.2, 0) is 0 Å². The lowest BCUT2D eigenvalue weighted by Crippen LogP contribution is -2.51. The molecule has 17 heavy (non-hydrogen) atoms. The molecule has 1 heterocycles. The minimum atomic E-state index is 0.187. The highest BCUT2D eigenvalue weighted by atomic mass is 16.1. The quantitative estimate of drug-likeness (QED) is 0.807. The van der Waals surface area contributed by atoms with Gasteiger partial charge in [-0.15, -0.1) is 0 Å². The predicted molar refractivity (Wildman–Crippen MR) is 69.0 cm³/mol. The Morgan fingerprint density at radius 3 is 2.82 bits per heavy atom. The third-order valence-electron chi connectivity index (χ3n) is 3.62. The van der Waals surface area contributed by atoms with Crippen LogP contribution in [0.1, 0.15) is 30.1 Å². The Labute approximate surface area is 103 Å². The van der Waals surface area contributed by atoms with Crippen molar-refractivity contribution in [3.8, 4) is 0 Å². The number of hydrogen-bond donors (Lipinski definition) is 1. The Kier molecular flexibility index (Phi) is 3.92. The van der Waals surface area contributed by atoms with Gasteiger partial charge in [0.15, 0.2) is 5.78 Å². The fourth-order valence-electron chi connectivity index (χ4n) is 2.37. The average molecular weight is 232 g/mol. The van der Waals surface area contributed by atoms with Gasteiger partial charge in [-0.1, -0.05) is 30.3 Å². The summed E-state index contributed by atoms with van der Waals surface area (Å²) in [6, 6.07) is 9.98. The maximum atomic E-state index is 12.1. The molecule has 3 nitrogen and oxygen atoms in total. The molecule has 2 N–H and O–H groups in total. The fraction of sp³-hybridized carbons (Fsp3) is 0.500. The summed E-state index contributed by atoms with van der Waals surface area (Å²) < 4.78 is 0. The van der Waals surface area contributed by atoms with E-state index in [2.05, 4.69) is 11.8 Å². The minimum absolute atomic E-state index is 0.187. The van der Waals surface area contributed by atoms with Gasteiger partial charge < -0.3 is 5.73 Å². The van der Waals surface area contributed by atoms with E-state index < -0.39 is 0 Å². The molecular weight excluding hydrogens is 212 g/mol. The Balaban J connectivity index is 1.99. The number of likely N-dealkylation sites (tertiary alicyclic amines) is 1. The Hall–Kier alpha value is -1.19. The van der Waals surface area contributed by atoms with E-state index in [4.69, 9.17) is 5.73 Å². The molecule has 1 aliphatic heterocycles. The van der Waals surface area contributed by atoms with E-state index in [9.17, 15) is 4.79 Å². The second kappa shape index (κ2) is 5.43. The van der Waals surface area contributed by atoms with Crippen molar-refractivity contribution in [3.05, 3.63) is 35.9 Å². The summed E-state index contributed by atoms with van der Waals surface area (Å²) in [6.07, 6.45) is 2.16. The standard InChI is InChI=1S/C14H20N2O/c1-11-13(15)8-5-9-16(11)10-14(17)12-6-3-2-4-7-12/h2-4,6-7,11,13H,5,8-10,15H2,1H3/t11-,13-/m1/s1. The lowest BCUT2D eigenvalue weighted by atomic mass is 9.97. The van der Waals surface area contributed by atoms with Gasteiger partial charge in [-0.2, -0.15) is 0 Å². The first-order valence-corrected chi connectivity index (χ1v) is 6.26. The monoisotopic (exact) mass is 232 g/mol. The van der Waals surface area contributed by atoms with E-state index in [0.717, 1.165) is 24.9 Å². The van der Waals surface area contributed by atoms with Crippen molar-refractivity contribution in [1.82, 2.24) is 4.90 Å². The van der Waals surface area contributed by atoms with Crippen molar-refractivity contribution >= 4 is 5.78 Å². The number of rotatable bonds is 3. The third-order valence-corrected chi connectivity index (χ3v) is 3.62. The average Bonchev–Trinajstić information content (AvgIpc) is 2.36. The molecule has 0 amide bonds. The minimum Gasteiger partial charge on any atom is -0.326 e. The molecular formula is C14H20N2O. The molecule has 1 fully saturated rings. The van der Waals surface area contributed by atoms with Crippen LogP contribution >= 0.6 is 0 Å². The number of benzene rings is 1. The first-order chi connectivity index (χ1) is 8.18. The van der Waals surface area contributed by atoms with Crippen LogP contribution in [0.25, 0.3) is 0 Å². The number of ketones is 1. The van der Waals surface area contributed by atoms with E-state index in [1.54, 1.807) is 0 Å². The number of carbonyl (C=O) groups is 1. The largest absolute Gasteiger partial charge is 0.326 e. The van der Waals surface area contributed by atoms with Gasteiger partial charge in [0.1, 0.15) is 0 Å². The second-order valence-corrected chi connectivity index (χ2v) is 4.81. The molecule has 2 rings (SSSR count). The molecule has 2 atom stereocenters. The molecule has 0 unspecified atom stereocenters.